The van der Waals surface area contributed by atoms with Gasteiger partial charge >= 0.3 is 0 Å². The summed E-state index contributed by atoms with van der Waals surface area (Å²) in [5.74, 6) is 0.188. The summed E-state index contributed by atoms with van der Waals surface area (Å²) in [4.78, 5) is 9.63. The van der Waals surface area contributed by atoms with E-state index >= 15 is 0 Å². The van der Waals surface area contributed by atoms with Gasteiger partial charge in [-0.2, -0.15) is 0 Å². The highest BCUT2D eigenvalue weighted by Gasteiger charge is 2.22. The third-order valence-electron chi connectivity index (χ3n) is 8.90. The Kier molecular flexibility index (Phi) is 7.38. The first-order valence-corrected chi connectivity index (χ1v) is 15.8. The van der Waals surface area contributed by atoms with Crippen molar-refractivity contribution < 1.29 is 0 Å². The zero-order valence-electron chi connectivity index (χ0n) is 25.4. The van der Waals surface area contributed by atoms with Gasteiger partial charge in [-0.3, -0.25) is 9.98 Å². The molecule has 1 atom stereocenters. The van der Waals surface area contributed by atoms with Crippen LogP contribution >= 0.6 is 0 Å². The van der Waals surface area contributed by atoms with Gasteiger partial charge in [-0.25, -0.2) is 0 Å². The Morgan fingerprint density at radius 2 is 1.07 bits per heavy atom. The van der Waals surface area contributed by atoms with E-state index in [1.807, 2.05) is 18.5 Å². The smallest absolute Gasteiger partial charge is 0.0672 e. The van der Waals surface area contributed by atoms with Gasteiger partial charge in [0.2, 0.25) is 0 Å². The zero-order chi connectivity index (χ0) is 30.7. The van der Waals surface area contributed by atoms with E-state index in [9.17, 15) is 0 Å². The van der Waals surface area contributed by atoms with Gasteiger partial charge < -0.3 is 0 Å². The SMILES string of the molecule is C1=C(c2ccc(-c3cccnc3)cc2)N=C(c2cccc(-c3ccc4ccccc4c3)c2)CC1c1cccc(-c2ccccc2)c1. The average molecular weight is 589 g/mol. The highest BCUT2D eigenvalue weighted by Crippen LogP contribution is 2.36. The van der Waals surface area contributed by atoms with Crippen LogP contribution < -0.4 is 0 Å². The number of nitrogens with zero attached hydrogens (tertiary/aromatic N) is 2. The van der Waals surface area contributed by atoms with Crippen LogP contribution in [-0.2, 0) is 0 Å². The fourth-order valence-electron chi connectivity index (χ4n) is 6.44. The van der Waals surface area contributed by atoms with Crippen LogP contribution in [0, 0.1) is 0 Å². The van der Waals surface area contributed by atoms with Crippen molar-refractivity contribution in [2.45, 2.75) is 12.3 Å². The second-order valence-electron chi connectivity index (χ2n) is 11.9. The van der Waals surface area contributed by atoms with E-state index in [0.29, 0.717) is 0 Å². The van der Waals surface area contributed by atoms with Crippen molar-refractivity contribution in [3.8, 4) is 33.4 Å². The van der Waals surface area contributed by atoms with Gasteiger partial charge in [-0.1, -0.05) is 146 Å². The largest absolute Gasteiger partial charge is 0.264 e. The van der Waals surface area contributed by atoms with E-state index in [1.54, 1.807) is 0 Å². The molecule has 0 bridgehead atoms. The molecule has 2 heterocycles. The van der Waals surface area contributed by atoms with E-state index in [4.69, 9.17) is 4.99 Å². The van der Waals surface area contributed by atoms with Crippen molar-refractivity contribution in [3.63, 3.8) is 0 Å². The number of aromatic nitrogens is 1. The van der Waals surface area contributed by atoms with Crippen molar-refractivity contribution in [1.82, 2.24) is 4.98 Å². The summed E-state index contributed by atoms with van der Waals surface area (Å²) >= 11 is 0. The minimum atomic E-state index is 0.188. The molecule has 0 aliphatic carbocycles. The maximum absolute atomic E-state index is 5.33. The standard InChI is InChI=1S/C44H32N2/c1-2-9-31(10-3-1)36-13-6-15-38(25-36)42-28-43(34-21-18-33(19-22-34)41-17-8-24-45-30-41)46-44(29-42)40-16-7-14-37(27-40)39-23-20-32-11-4-5-12-35(32)26-39/h1-28,30,42H,29H2. The number of hydrogen-bond acceptors (Lipinski definition) is 2. The molecular formula is C44H32N2. The van der Waals surface area contributed by atoms with Crippen LogP contribution in [0.5, 0.6) is 0 Å². The molecule has 2 nitrogen and oxygen atoms in total. The maximum atomic E-state index is 5.33. The predicted octanol–water partition coefficient (Wildman–Crippen LogP) is 11.3. The van der Waals surface area contributed by atoms with Gasteiger partial charge in [0.1, 0.15) is 0 Å². The molecule has 0 amide bonds. The van der Waals surface area contributed by atoms with Crippen LogP contribution in [0.4, 0.5) is 0 Å². The molecular weight excluding hydrogens is 556 g/mol. The monoisotopic (exact) mass is 588 g/mol. The summed E-state index contributed by atoms with van der Waals surface area (Å²) < 4.78 is 0. The number of fused-ring (bicyclic) bond motifs is 1. The lowest BCUT2D eigenvalue weighted by Crippen LogP contribution is -2.12. The van der Waals surface area contributed by atoms with Crippen LogP contribution in [0.3, 0.4) is 0 Å². The number of aliphatic imine (C=N–C) groups is 1. The molecule has 0 saturated carbocycles. The van der Waals surface area contributed by atoms with E-state index in [-0.39, 0.29) is 5.92 Å². The topological polar surface area (TPSA) is 25.2 Å². The van der Waals surface area contributed by atoms with Crippen LogP contribution in [0.2, 0.25) is 0 Å². The first-order valence-electron chi connectivity index (χ1n) is 15.8. The van der Waals surface area contributed by atoms with E-state index in [1.165, 1.54) is 38.6 Å². The quantitative estimate of drug-likeness (QED) is 0.190. The number of pyridine rings is 1. The lowest BCUT2D eigenvalue weighted by Gasteiger charge is -2.23. The zero-order valence-corrected chi connectivity index (χ0v) is 25.4. The molecule has 1 aliphatic heterocycles. The third kappa shape index (κ3) is 5.69. The Bertz CT molecular complexity index is 2210. The molecule has 2 heteroatoms. The molecule has 7 aromatic rings. The summed E-state index contributed by atoms with van der Waals surface area (Å²) in [7, 11) is 0. The minimum Gasteiger partial charge on any atom is -0.264 e. The Balaban J connectivity index is 1.19. The fraction of sp³-hybridized carbons (Fsp3) is 0.0455. The van der Waals surface area contributed by atoms with Gasteiger partial charge in [0.15, 0.2) is 0 Å². The molecule has 6 aromatic carbocycles. The summed E-state index contributed by atoms with van der Waals surface area (Å²) in [6.07, 6.45) is 6.89. The predicted molar refractivity (Wildman–Crippen MR) is 193 cm³/mol. The second kappa shape index (κ2) is 12.3. The lowest BCUT2D eigenvalue weighted by molar-refractivity contribution is 0.880. The highest BCUT2D eigenvalue weighted by molar-refractivity contribution is 6.06. The van der Waals surface area contributed by atoms with Gasteiger partial charge in [0.25, 0.3) is 0 Å². The van der Waals surface area contributed by atoms with Crippen molar-refractivity contribution in [3.05, 3.63) is 193 Å². The van der Waals surface area contributed by atoms with E-state index in [0.717, 1.165) is 40.1 Å². The molecule has 0 N–H and O–H groups in total. The lowest BCUT2D eigenvalue weighted by atomic mass is 9.85. The number of rotatable bonds is 6. The molecule has 1 aliphatic rings. The summed E-state index contributed by atoms with van der Waals surface area (Å²) in [5, 5.41) is 2.50. The van der Waals surface area contributed by atoms with Crippen molar-refractivity contribution in [2.24, 2.45) is 4.99 Å². The fourth-order valence-corrected chi connectivity index (χ4v) is 6.44. The molecule has 8 rings (SSSR count). The van der Waals surface area contributed by atoms with Crippen LogP contribution in [0.1, 0.15) is 29.0 Å². The molecule has 218 valence electrons. The average Bonchev–Trinajstić information content (AvgIpc) is 3.15. The van der Waals surface area contributed by atoms with Crippen LogP contribution in [0.15, 0.2) is 181 Å². The number of benzene rings is 6. The first kappa shape index (κ1) is 27.7. The molecule has 0 radical (unpaired) electrons. The van der Waals surface area contributed by atoms with Gasteiger partial charge in [0, 0.05) is 30.4 Å². The van der Waals surface area contributed by atoms with Crippen LogP contribution in [0.25, 0.3) is 49.9 Å². The van der Waals surface area contributed by atoms with E-state index < -0.39 is 0 Å². The normalized spacial score (nSPS) is 14.5. The van der Waals surface area contributed by atoms with Crippen molar-refractivity contribution >= 4 is 22.2 Å². The maximum Gasteiger partial charge on any atom is 0.0672 e. The van der Waals surface area contributed by atoms with Crippen molar-refractivity contribution in [1.29, 1.82) is 0 Å². The van der Waals surface area contributed by atoms with Gasteiger partial charge in [-0.15, -0.1) is 0 Å². The Morgan fingerprint density at radius 1 is 0.435 bits per heavy atom. The van der Waals surface area contributed by atoms with Gasteiger partial charge in [0.05, 0.1) is 5.70 Å². The summed E-state index contributed by atoms with van der Waals surface area (Å²) in [6, 6.07) is 56.5. The third-order valence-corrected chi connectivity index (χ3v) is 8.90. The van der Waals surface area contributed by atoms with Crippen molar-refractivity contribution in [2.75, 3.05) is 0 Å². The summed E-state index contributed by atoms with van der Waals surface area (Å²) in [6.45, 7) is 0. The molecule has 0 saturated heterocycles. The Hall–Kier alpha value is -5.86. The number of hydrogen-bond donors (Lipinski definition) is 0. The van der Waals surface area contributed by atoms with E-state index in [2.05, 4.69) is 163 Å². The minimum absolute atomic E-state index is 0.188. The Morgan fingerprint density at radius 3 is 1.89 bits per heavy atom. The Labute approximate surface area is 270 Å². The highest BCUT2D eigenvalue weighted by atomic mass is 14.8. The molecule has 1 aromatic heterocycles. The molecule has 0 fully saturated rings. The number of allylic oxidation sites excluding steroid dienone is 1. The second-order valence-corrected chi connectivity index (χ2v) is 11.9. The van der Waals surface area contributed by atoms with Gasteiger partial charge in [-0.05, 0) is 79.0 Å². The van der Waals surface area contributed by atoms with Crippen LogP contribution in [-0.4, -0.2) is 10.7 Å². The summed E-state index contributed by atoms with van der Waals surface area (Å²) in [5.41, 5.74) is 12.8. The molecule has 1 unspecified atom stereocenters. The molecule has 0 spiro atoms. The first-order chi connectivity index (χ1) is 22.8. The molecule has 46 heavy (non-hydrogen) atoms.